The second-order valence-electron chi connectivity index (χ2n) is 2.89. The van der Waals surface area contributed by atoms with Crippen LogP contribution in [0.15, 0.2) is 17.5 Å². The first-order chi connectivity index (χ1) is 6.77. The predicted octanol–water partition coefficient (Wildman–Crippen LogP) is 2.08. The zero-order valence-corrected chi connectivity index (χ0v) is 9.16. The van der Waals surface area contributed by atoms with E-state index in [0.29, 0.717) is 12.4 Å². The number of thiophene rings is 1. The molecular weight excluding hydrogens is 220 g/mol. The molecule has 14 heavy (non-hydrogen) atoms. The third-order valence-corrected chi connectivity index (χ3v) is 2.86. The summed E-state index contributed by atoms with van der Waals surface area (Å²) in [6.07, 6.45) is 0. The molecule has 0 bridgehead atoms. The van der Waals surface area contributed by atoms with Gasteiger partial charge in [-0.2, -0.15) is 0 Å². The van der Waals surface area contributed by atoms with E-state index in [9.17, 15) is 0 Å². The van der Waals surface area contributed by atoms with Gasteiger partial charge in [0.2, 0.25) is 0 Å². The zero-order chi connectivity index (χ0) is 9.97. The Morgan fingerprint density at radius 3 is 3.14 bits per heavy atom. The van der Waals surface area contributed by atoms with Gasteiger partial charge in [-0.3, -0.25) is 0 Å². The van der Waals surface area contributed by atoms with Crippen LogP contribution in [0.1, 0.15) is 23.0 Å². The minimum absolute atomic E-state index is 0.162. The van der Waals surface area contributed by atoms with Crippen molar-refractivity contribution < 1.29 is 0 Å². The van der Waals surface area contributed by atoms with Crippen LogP contribution < -0.4 is 0 Å². The number of hydrogen-bond acceptors (Lipinski definition) is 4. The van der Waals surface area contributed by atoms with Crippen molar-refractivity contribution in [1.29, 1.82) is 0 Å². The smallest absolute Gasteiger partial charge is 0.169 e. The normalized spacial score (nSPS) is 13.0. The third-order valence-electron chi connectivity index (χ3n) is 1.80. The van der Waals surface area contributed by atoms with Gasteiger partial charge in [0, 0.05) is 4.88 Å². The second kappa shape index (κ2) is 4.06. The lowest BCUT2D eigenvalue weighted by molar-refractivity contribution is 0.624. The Morgan fingerprint density at radius 2 is 2.50 bits per heavy atom. The van der Waals surface area contributed by atoms with E-state index < -0.39 is 0 Å². The molecule has 0 spiro atoms. The van der Waals surface area contributed by atoms with Crippen LogP contribution in [0.5, 0.6) is 0 Å². The summed E-state index contributed by atoms with van der Waals surface area (Å²) in [5, 5.41) is 13.2. The highest BCUT2D eigenvalue weighted by molar-refractivity contribution is 7.09. The maximum atomic E-state index is 5.93. The number of tetrazole rings is 1. The molecule has 2 aromatic heterocycles. The maximum Gasteiger partial charge on any atom is 0.169 e. The quantitative estimate of drug-likeness (QED) is 0.756. The van der Waals surface area contributed by atoms with Crippen molar-refractivity contribution in [2.45, 2.75) is 18.8 Å². The molecule has 0 aliphatic carbocycles. The average molecular weight is 229 g/mol. The summed E-state index contributed by atoms with van der Waals surface area (Å²) in [5.41, 5.74) is 0. The molecule has 0 aliphatic rings. The summed E-state index contributed by atoms with van der Waals surface area (Å²) in [5.74, 6) is 0.708. The molecule has 0 aliphatic heterocycles. The minimum atomic E-state index is -0.162. The molecule has 4 nitrogen and oxygen atoms in total. The highest BCUT2D eigenvalue weighted by Gasteiger charge is 2.11. The van der Waals surface area contributed by atoms with E-state index in [2.05, 4.69) is 21.6 Å². The molecule has 0 radical (unpaired) electrons. The van der Waals surface area contributed by atoms with Crippen LogP contribution >= 0.6 is 22.9 Å². The topological polar surface area (TPSA) is 43.6 Å². The van der Waals surface area contributed by atoms with E-state index in [4.69, 9.17) is 11.6 Å². The van der Waals surface area contributed by atoms with E-state index in [1.807, 2.05) is 18.4 Å². The molecule has 0 aromatic carbocycles. The summed E-state index contributed by atoms with van der Waals surface area (Å²) in [6, 6.07) is 4.06. The first-order valence-electron chi connectivity index (χ1n) is 4.20. The summed E-state index contributed by atoms with van der Waals surface area (Å²) >= 11 is 7.61. The van der Waals surface area contributed by atoms with Gasteiger partial charge in [-0.25, -0.2) is 4.68 Å². The molecule has 1 atom stereocenters. The number of alkyl halides is 1. The van der Waals surface area contributed by atoms with Crippen LogP contribution in [-0.2, 0) is 6.54 Å². The lowest BCUT2D eigenvalue weighted by Gasteiger charge is -2.03. The standard InChI is InChI=1S/C8H9ClN4S/c1-6(9)8-10-11-12-13(8)5-7-3-2-4-14-7/h2-4,6H,5H2,1H3. The third kappa shape index (κ3) is 1.93. The number of rotatable bonds is 3. The SMILES string of the molecule is CC(Cl)c1nnnn1Cc1cccs1. The highest BCUT2D eigenvalue weighted by atomic mass is 35.5. The number of nitrogens with zero attached hydrogens (tertiary/aromatic N) is 4. The Balaban J connectivity index is 2.21. The van der Waals surface area contributed by atoms with E-state index in [1.165, 1.54) is 4.88 Å². The first-order valence-corrected chi connectivity index (χ1v) is 5.51. The first kappa shape index (κ1) is 9.61. The van der Waals surface area contributed by atoms with Gasteiger partial charge in [-0.05, 0) is 28.8 Å². The van der Waals surface area contributed by atoms with Crippen molar-refractivity contribution in [3.63, 3.8) is 0 Å². The van der Waals surface area contributed by atoms with Crippen LogP contribution in [0.2, 0.25) is 0 Å². The molecule has 0 saturated carbocycles. The fourth-order valence-electron chi connectivity index (χ4n) is 1.16. The van der Waals surface area contributed by atoms with Crippen LogP contribution in [0.25, 0.3) is 0 Å². The predicted molar refractivity (Wildman–Crippen MR) is 55.5 cm³/mol. The van der Waals surface area contributed by atoms with Crippen molar-refractivity contribution >= 4 is 22.9 Å². The van der Waals surface area contributed by atoms with Gasteiger partial charge in [-0.1, -0.05) is 6.07 Å². The van der Waals surface area contributed by atoms with E-state index >= 15 is 0 Å². The Morgan fingerprint density at radius 1 is 1.64 bits per heavy atom. The van der Waals surface area contributed by atoms with Gasteiger partial charge >= 0.3 is 0 Å². The summed E-state index contributed by atoms with van der Waals surface area (Å²) in [6.45, 7) is 2.55. The number of hydrogen-bond donors (Lipinski definition) is 0. The molecule has 74 valence electrons. The highest BCUT2D eigenvalue weighted by Crippen LogP contribution is 2.17. The Labute approximate surface area is 90.5 Å². The molecule has 6 heteroatoms. The summed E-state index contributed by atoms with van der Waals surface area (Å²) in [4.78, 5) is 1.22. The summed E-state index contributed by atoms with van der Waals surface area (Å²) < 4.78 is 1.73. The fraction of sp³-hybridized carbons (Fsp3) is 0.375. The number of halogens is 1. The molecule has 2 rings (SSSR count). The maximum absolute atomic E-state index is 5.93. The van der Waals surface area contributed by atoms with E-state index in [-0.39, 0.29) is 5.38 Å². The number of aromatic nitrogens is 4. The van der Waals surface area contributed by atoms with Gasteiger partial charge < -0.3 is 0 Å². The Kier molecular flexibility index (Phi) is 2.79. The van der Waals surface area contributed by atoms with Crippen LogP contribution in [-0.4, -0.2) is 20.2 Å². The molecule has 2 aromatic rings. The zero-order valence-electron chi connectivity index (χ0n) is 7.59. The van der Waals surface area contributed by atoms with Gasteiger partial charge in [0.05, 0.1) is 11.9 Å². The van der Waals surface area contributed by atoms with Crippen molar-refractivity contribution in [3.05, 3.63) is 28.2 Å². The Bertz CT molecular complexity index is 395. The van der Waals surface area contributed by atoms with Gasteiger partial charge in [0.1, 0.15) is 0 Å². The average Bonchev–Trinajstić information content (AvgIpc) is 2.75. The van der Waals surface area contributed by atoms with Gasteiger partial charge in [0.25, 0.3) is 0 Å². The second-order valence-corrected chi connectivity index (χ2v) is 4.58. The van der Waals surface area contributed by atoms with E-state index in [0.717, 1.165) is 0 Å². The van der Waals surface area contributed by atoms with Crippen LogP contribution in [0.3, 0.4) is 0 Å². The molecule has 1 unspecified atom stereocenters. The van der Waals surface area contributed by atoms with Gasteiger partial charge in [0.15, 0.2) is 5.82 Å². The van der Waals surface area contributed by atoms with Crippen molar-refractivity contribution in [3.8, 4) is 0 Å². The monoisotopic (exact) mass is 228 g/mol. The molecule has 0 fully saturated rings. The van der Waals surface area contributed by atoms with Gasteiger partial charge in [-0.15, -0.1) is 28.0 Å². The lowest BCUT2D eigenvalue weighted by Crippen LogP contribution is -2.06. The Hall–Kier alpha value is -0.940. The van der Waals surface area contributed by atoms with Crippen molar-refractivity contribution in [2.24, 2.45) is 0 Å². The van der Waals surface area contributed by atoms with Crippen molar-refractivity contribution in [1.82, 2.24) is 20.2 Å². The minimum Gasteiger partial charge on any atom is -0.223 e. The fourth-order valence-corrected chi connectivity index (χ4v) is 2.00. The molecule has 0 amide bonds. The molecular formula is C8H9ClN4S. The molecule has 0 saturated heterocycles. The van der Waals surface area contributed by atoms with E-state index in [1.54, 1.807) is 16.0 Å². The van der Waals surface area contributed by atoms with Crippen LogP contribution in [0, 0.1) is 0 Å². The van der Waals surface area contributed by atoms with Crippen molar-refractivity contribution in [2.75, 3.05) is 0 Å². The largest absolute Gasteiger partial charge is 0.223 e. The molecule has 0 N–H and O–H groups in total. The molecule has 2 heterocycles. The summed E-state index contributed by atoms with van der Waals surface area (Å²) in [7, 11) is 0. The lowest BCUT2D eigenvalue weighted by atomic mass is 10.4. The van der Waals surface area contributed by atoms with Crippen LogP contribution in [0.4, 0.5) is 0 Å².